The van der Waals surface area contributed by atoms with Crippen LogP contribution in [0.3, 0.4) is 0 Å². The second-order valence-corrected chi connectivity index (χ2v) is 6.94. The molecule has 0 saturated carbocycles. The second-order valence-electron chi connectivity index (χ2n) is 6.94. The summed E-state index contributed by atoms with van der Waals surface area (Å²) in [7, 11) is 1.19. The van der Waals surface area contributed by atoms with Gasteiger partial charge in [0.15, 0.2) is 0 Å². The Morgan fingerprint density at radius 1 is 1.09 bits per heavy atom. The minimum absolute atomic E-state index is 0.142. The molecule has 1 aliphatic rings. The number of nitrogens with zero attached hydrogens (tertiary/aromatic N) is 2. The fourth-order valence-electron chi connectivity index (χ4n) is 3.19. The van der Waals surface area contributed by atoms with Gasteiger partial charge in [0, 0.05) is 17.3 Å². The zero-order valence-corrected chi connectivity index (χ0v) is 17.5. The van der Waals surface area contributed by atoms with Crippen molar-refractivity contribution in [3.63, 3.8) is 0 Å². The highest BCUT2D eigenvalue weighted by molar-refractivity contribution is 6.24. The maximum Gasteiger partial charge on any atom is 0.325 e. The maximum absolute atomic E-state index is 12.7. The smallest absolute Gasteiger partial charge is 0.325 e. The number of esters is 1. The van der Waals surface area contributed by atoms with E-state index in [4.69, 9.17) is 0 Å². The molecule has 1 heterocycles. The number of hydrogen-bond acceptors (Lipinski definition) is 8. The molecule has 2 aromatic rings. The third-order valence-electron chi connectivity index (χ3n) is 4.92. The van der Waals surface area contributed by atoms with E-state index < -0.39 is 46.3 Å². The van der Waals surface area contributed by atoms with Crippen LogP contribution in [0.2, 0.25) is 0 Å². The van der Waals surface area contributed by atoms with Gasteiger partial charge in [0.25, 0.3) is 23.4 Å². The minimum Gasteiger partial charge on any atom is -0.468 e. The molecule has 12 nitrogen and oxygen atoms in total. The zero-order chi connectivity index (χ0) is 24.3. The first kappa shape index (κ1) is 23.1. The number of ether oxygens (including phenoxy) is 1. The molecule has 0 bridgehead atoms. The van der Waals surface area contributed by atoms with Crippen LogP contribution in [-0.2, 0) is 14.3 Å². The van der Waals surface area contributed by atoms with Gasteiger partial charge >= 0.3 is 5.97 Å². The first-order valence-electron chi connectivity index (χ1n) is 9.57. The van der Waals surface area contributed by atoms with Gasteiger partial charge in [0.2, 0.25) is 5.91 Å². The van der Waals surface area contributed by atoms with E-state index in [1.807, 2.05) is 0 Å². The molecule has 4 amide bonds. The molecule has 0 aromatic heterocycles. The fraction of sp³-hybridized carbons (Fsp3) is 0.190. The SMILES string of the molecule is COC(=O)CNC(=O)c1ccc(NC(=O)[C@H](C)N2C(=O)c3cccc([N+](=O)[O-])c3C2=O)cc1. The Morgan fingerprint density at radius 3 is 2.36 bits per heavy atom. The highest BCUT2D eigenvalue weighted by Crippen LogP contribution is 2.32. The molecule has 1 aliphatic heterocycles. The summed E-state index contributed by atoms with van der Waals surface area (Å²) in [4.78, 5) is 72.3. The molecule has 0 saturated heterocycles. The maximum atomic E-state index is 12.7. The van der Waals surface area contributed by atoms with Crippen molar-refractivity contribution in [3.8, 4) is 0 Å². The molecular weight excluding hydrogens is 436 g/mol. The van der Waals surface area contributed by atoms with Crippen LogP contribution in [0.1, 0.15) is 38.0 Å². The van der Waals surface area contributed by atoms with E-state index in [-0.39, 0.29) is 28.9 Å². The minimum atomic E-state index is -1.26. The van der Waals surface area contributed by atoms with Crippen molar-refractivity contribution in [2.75, 3.05) is 19.0 Å². The number of nitro groups is 1. The van der Waals surface area contributed by atoms with Gasteiger partial charge in [-0.05, 0) is 37.3 Å². The van der Waals surface area contributed by atoms with Gasteiger partial charge in [-0.3, -0.25) is 39.0 Å². The van der Waals surface area contributed by atoms with E-state index in [0.29, 0.717) is 4.90 Å². The topological polar surface area (TPSA) is 165 Å². The molecule has 33 heavy (non-hydrogen) atoms. The fourth-order valence-corrected chi connectivity index (χ4v) is 3.19. The molecule has 0 aliphatic carbocycles. The summed E-state index contributed by atoms with van der Waals surface area (Å²) in [5, 5.41) is 16.1. The number of carbonyl (C=O) groups excluding carboxylic acids is 5. The monoisotopic (exact) mass is 454 g/mol. The van der Waals surface area contributed by atoms with Crippen molar-refractivity contribution in [3.05, 3.63) is 69.3 Å². The predicted molar refractivity (Wildman–Crippen MR) is 112 cm³/mol. The van der Waals surface area contributed by atoms with Gasteiger partial charge in [-0.25, -0.2) is 0 Å². The van der Waals surface area contributed by atoms with Crippen molar-refractivity contribution < 1.29 is 33.6 Å². The summed E-state index contributed by atoms with van der Waals surface area (Å²) in [5.41, 5.74) is -0.510. The molecule has 1 atom stereocenters. The normalized spacial score (nSPS) is 13.2. The number of imide groups is 1. The molecular formula is C21H18N4O8. The van der Waals surface area contributed by atoms with Crippen LogP contribution in [0.15, 0.2) is 42.5 Å². The number of nitrogens with one attached hydrogen (secondary N) is 2. The van der Waals surface area contributed by atoms with Gasteiger partial charge in [-0.2, -0.15) is 0 Å². The van der Waals surface area contributed by atoms with Crippen molar-refractivity contribution in [2.24, 2.45) is 0 Å². The Labute approximate surface area is 186 Å². The first-order valence-corrected chi connectivity index (χ1v) is 9.57. The summed E-state index contributed by atoms with van der Waals surface area (Å²) >= 11 is 0. The average Bonchev–Trinajstić information content (AvgIpc) is 3.07. The van der Waals surface area contributed by atoms with E-state index in [2.05, 4.69) is 15.4 Å². The van der Waals surface area contributed by atoms with Crippen LogP contribution < -0.4 is 10.6 Å². The third-order valence-corrected chi connectivity index (χ3v) is 4.92. The number of amides is 4. The summed E-state index contributed by atoms with van der Waals surface area (Å²) in [5.74, 6) is -3.59. The lowest BCUT2D eigenvalue weighted by Crippen LogP contribution is -2.45. The lowest BCUT2D eigenvalue weighted by atomic mass is 10.1. The molecule has 12 heteroatoms. The second kappa shape index (κ2) is 9.26. The first-order chi connectivity index (χ1) is 15.6. The molecule has 0 fully saturated rings. The van der Waals surface area contributed by atoms with Gasteiger partial charge in [0.05, 0.1) is 17.6 Å². The van der Waals surface area contributed by atoms with E-state index in [1.165, 1.54) is 50.4 Å². The Hall–Kier alpha value is -4.61. The number of benzene rings is 2. The van der Waals surface area contributed by atoms with Crippen molar-refractivity contribution in [2.45, 2.75) is 13.0 Å². The van der Waals surface area contributed by atoms with E-state index >= 15 is 0 Å². The third kappa shape index (κ3) is 4.54. The standard InChI is InChI=1S/C21H18N4O8/c1-11(24-20(29)14-4-3-5-15(25(31)32)17(14)21(24)30)18(27)23-13-8-6-12(7-9-13)19(28)22-10-16(26)33-2/h3-9,11H,10H2,1-2H3,(H,22,28)(H,23,27)/t11-/m0/s1. The predicted octanol–water partition coefficient (Wildman–Crippen LogP) is 1.12. The van der Waals surface area contributed by atoms with E-state index in [0.717, 1.165) is 6.07 Å². The Bertz CT molecular complexity index is 1180. The molecule has 2 aromatic carbocycles. The number of hydrogen-bond donors (Lipinski definition) is 2. The van der Waals surface area contributed by atoms with Crippen molar-refractivity contribution in [1.82, 2.24) is 10.2 Å². The van der Waals surface area contributed by atoms with Crippen LogP contribution in [0, 0.1) is 10.1 Å². The molecule has 0 radical (unpaired) electrons. The Kier molecular flexibility index (Phi) is 6.47. The summed E-state index contributed by atoms with van der Waals surface area (Å²) in [6.45, 7) is 1.02. The van der Waals surface area contributed by atoms with Crippen LogP contribution in [0.25, 0.3) is 0 Å². The summed E-state index contributed by atoms with van der Waals surface area (Å²) < 4.78 is 4.43. The zero-order valence-electron chi connectivity index (χ0n) is 17.5. The molecule has 3 rings (SSSR count). The van der Waals surface area contributed by atoms with Crippen LogP contribution in [0.4, 0.5) is 11.4 Å². The quantitative estimate of drug-likeness (QED) is 0.272. The number of carbonyl (C=O) groups is 5. The number of nitro benzene ring substituents is 1. The van der Waals surface area contributed by atoms with Crippen LogP contribution in [-0.4, -0.2) is 59.1 Å². The van der Waals surface area contributed by atoms with Gasteiger partial charge in [-0.15, -0.1) is 0 Å². The largest absolute Gasteiger partial charge is 0.468 e. The van der Waals surface area contributed by atoms with Crippen molar-refractivity contribution >= 4 is 41.0 Å². The lowest BCUT2D eigenvalue weighted by molar-refractivity contribution is -0.385. The Morgan fingerprint density at radius 2 is 1.76 bits per heavy atom. The van der Waals surface area contributed by atoms with Gasteiger partial charge < -0.3 is 15.4 Å². The summed E-state index contributed by atoms with van der Waals surface area (Å²) in [6.07, 6.45) is 0. The highest BCUT2D eigenvalue weighted by atomic mass is 16.6. The number of fused-ring (bicyclic) bond motifs is 1. The van der Waals surface area contributed by atoms with Crippen LogP contribution in [0.5, 0.6) is 0 Å². The number of anilines is 1. The lowest BCUT2D eigenvalue weighted by Gasteiger charge is -2.21. The molecule has 2 N–H and O–H groups in total. The number of methoxy groups -OCH3 is 1. The summed E-state index contributed by atoms with van der Waals surface area (Å²) in [6, 6.07) is 8.07. The van der Waals surface area contributed by atoms with E-state index in [9.17, 15) is 34.1 Å². The van der Waals surface area contributed by atoms with Crippen molar-refractivity contribution in [1.29, 1.82) is 0 Å². The highest BCUT2D eigenvalue weighted by Gasteiger charge is 2.44. The van der Waals surface area contributed by atoms with E-state index in [1.54, 1.807) is 0 Å². The van der Waals surface area contributed by atoms with Crippen LogP contribution >= 0.6 is 0 Å². The Balaban J connectivity index is 1.70. The van der Waals surface area contributed by atoms with Gasteiger partial charge in [-0.1, -0.05) is 6.07 Å². The molecule has 0 unspecified atom stereocenters. The molecule has 0 spiro atoms. The molecule has 170 valence electrons. The average molecular weight is 454 g/mol. The number of rotatable bonds is 7. The van der Waals surface area contributed by atoms with Gasteiger partial charge in [0.1, 0.15) is 18.2 Å².